The molecule has 0 N–H and O–H groups in total. The number of fused-ring (bicyclic) bond motifs is 14. The molecule has 0 bridgehead atoms. The van der Waals surface area contributed by atoms with Crippen molar-refractivity contribution in [1.82, 2.24) is 9.13 Å². The van der Waals surface area contributed by atoms with Crippen LogP contribution in [-0.2, 0) is 10.8 Å². The number of hydrogen-bond donors (Lipinski definition) is 0. The van der Waals surface area contributed by atoms with Crippen molar-refractivity contribution in [3.05, 3.63) is 265 Å². The van der Waals surface area contributed by atoms with E-state index in [1.165, 1.54) is 312 Å². The molecule has 0 unspecified atom stereocenters. The largest absolute Gasteiger partial charge is 0.309 e. The third-order valence-corrected chi connectivity index (χ3v) is 24.9. The molecule has 0 radical (unpaired) electrons. The second kappa shape index (κ2) is 31.2. The molecule has 2 aliphatic rings. The molecule has 2 heteroatoms. The molecule has 0 aliphatic heterocycles. The molecule has 0 saturated heterocycles. The van der Waals surface area contributed by atoms with Crippen LogP contribution < -0.4 is 0 Å². The zero-order chi connectivity index (χ0) is 70.4. The van der Waals surface area contributed by atoms with Crippen molar-refractivity contribution >= 4 is 65.2 Å². The Morgan fingerprint density at radius 2 is 0.519 bits per heavy atom. The fourth-order valence-electron chi connectivity index (χ4n) is 19.5. The second-order valence-electron chi connectivity index (χ2n) is 31.4. The minimum atomic E-state index is -0.00911. The van der Waals surface area contributed by atoms with Crippen LogP contribution in [0.3, 0.4) is 0 Å². The topological polar surface area (TPSA) is 9.86 Å². The van der Waals surface area contributed by atoms with Crippen molar-refractivity contribution in [1.29, 1.82) is 0 Å². The van der Waals surface area contributed by atoms with Gasteiger partial charge in [-0.05, 0) is 186 Å². The Labute approximate surface area is 620 Å². The Morgan fingerprint density at radius 1 is 0.212 bits per heavy atom. The van der Waals surface area contributed by atoms with E-state index >= 15 is 0 Å². The van der Waals surface area contributed by atoms with Gasteiger partial charge in [-0.25, -0.2) is 0 Å². The molecular weight excluding hydrogens is 1250 g/mol. The number of unbranched alkanes of at least 4 members (excludes halogenated alkanes) is 20. The lowest BCUT2D eigenvalue weighted by Gasteiger charge is -2.33. The highest BCUT2D eigenvalue weighted by molar-refractivity contribution is 6.15. The summed E-state index contributed by atoms with van der Waals surface area (Å²) >= 11 is 0. The van der Waals surface area contributed by atoms with E-state index < -0.39 is 0 Å². The maximum absolute atomic E-state index is 2.70. The van der Waals surface area contributed by atoms with E-state index in [2.05, 4.69) is 279 Å². The van der Waals surface area contributed by atoms with Crippen LogP contribution in [0.25, 0.3) is 132 Å². The lowest BCUT2D eigenvalue weighted by Crippen LogP contribution is -2.25. The van der Waals surface area contributed by atoms with Crippen LogP contribution in [0, 0.1) is 0 Å². The molecule has 0 atom stereocenters. The van der Waals surface area contributed by atoms with Crippen LogP contribution in [0.1, 0.15) is 230 Å². The van der Waals surface area contributed by atoms with Gasteiger partial charge in [0.05, 0.1) is 22.1 Å². The van der Waals surface area contributed by atoms with Crippen LogP contribution in [0.15, 0.2) is 243 Å². The van der Waals surface area contributed by atoms with Gasteiger partial charge in [0.2, 0.25) is 0 Å². The Kier molecular flexibility index (Phi) is 20.8. The molecule has 2 heterocycles. The minimum Gasteiger partial charge on any atom is -0.309 e. The molecule has 0 amide bonds. The van der Waals surface area contributed by atoms with Gasteiger partial charge in [-0.15, -0.1) is 0 Å². The lowest BCUT2D eigenvalue weighted by molar-refractivity contribution is 0.398. The van der Waals surface area contributed by atoms with Gasteiger partial charge in [0, 0.05) is 43.7 Å². The summed E-state index contributed by atoms with van der Waals surface area (Å²) < 4.78 is 5.21. The first-order chi connectivity index (χ1) is 51.4. The van der Waals surface area contributed by atoms with E-state index in [-0.39, 0.29) is 10.8 Å². The Balaban J connectivity index is 0.808. The summed E-state index contributed by atoms with van der Waals surface area (Å²) in [4.78, 5) is 0. The Morgan fingerprint density at radius 3 is 0.904 bits per heavy atom. The maximum atomic E-state index is 2.70. The van der Waals surface area contributed by atoms with E-state index in [1.807, 2.05) is 0 Å². The van der Waals surface area contributed by atoms with Crippen molar-refractivity contribution in [3.8, 4) is 67.0 Å². The molecule has 2 aromatic heterocycles. The molecule has 0 saturated carbocycles. The SMILES string of the molecule is CCCCCCCCC1(CCCCCCCC)c2ccccc2-c2cc3c(cc21)c1ccc(-c2cccc4ccccc24)cc1n3-c1ccc(-c2ccc(-n3c4cc(-c5cccc6ccccc56)ccc4c4cc5c(cc43)-c3ccccc3C5(CCCCCCCC)CCCCCCCC)cc2)cc1. The van der Waals surface area contributed by atoms with E-state index in [0.717, 1.165) is 0 Å². The molecule has 526 valence electrons. The molecule has 2 nitrogen and oxygen atoms in total. The average molecular weight is 1360 g/mol. The molecular formula is C102H108N2. The summed E-state index contributed by atoms with van der Waals surface area (Å²) in [5.74, 6) is 0. The van der Waals surface area contributed by atoms with E-state index in [0.29, 0.717) is 0 Å². The van der Waals surface area contributed by atoms with Gasteiger partial charge in [-0.1, -0.05) is 364 Å². The highest BCUT2D eigenvalue weighted by Crippen LogP contribution is 2.58. The van der Waals surface area contributed by atoms with Gasteiger partial charge < -0.3 is 9.13 Å². The molecule has 104 heavy (non-hydrogen) atoms. The molecule has 0 spiro atoms. The van der Waals surface area contributed by atoms with Gasteiger partial charge >= 0.3 is 0 Å². The van der Waals surface area contributed by atoms with Gasteiger partial charge in [-0.3, -0.25) is 0 Å². The number of benzene rings is 12. The van der Waals surface area contributed by atoms with Crippen molar-refractivity contribution in [2.24, 2.45) is 0 Å². The van der Waals surface area contributed by atoms with Crippen molar-refractivity contribution in [2.75, 3.05) is 0 Å². The van der Waals surface area contributed by atoms with Crippen LogP contribution in [0.5, 0.6) is 0 Å². The normalized spacial score (nSPS) is 13.5. The summed E-state index contributed by atoms with van der Waals surface area (Å²) in [7, 11) is 0. The van der Waals surface area contributed by atoms with Gasteiger partial charge in [-0.2, -0.15) is 0 Å². The predicted octanol–water partition coefficient (Wildman–Crippen LogP) is 30.7. The van der Waals surface area contributed by atoms with Crippen LogP contribution >= 0.6 is 0 Å². The van der Waals surface area contributed by atoms with Crippen molar-refractivity contribution in [2.45, 2.75) is 218 Å². The zero-order valence-corrected chi connectivity index (χ0v) is 62.8. The van der Waals surface area contributed by atoms with Crippen LogP contribution in [0.4, 0.5) is 0 Å². The Bertz CT molecular complexity index is 4960. The number of rotatable bonds is 33. The monoisotopic (exact) mass is 1360 g/mol. The Hall–Kier alpha value is -9.24. The zero-order valence-electron chi connectivity index (χ0n) is 62.8. The van der Waals surface area contributed by atoms with Crippen molar-refractivity contribution in [3.63, 3.8) is 0 Å². The fraction of sp³-hybridized carbons (Fsp3) is 0.333. The standard InChI is InChI=1S/C102H108N2/c1-5-9-13-17-21-33-63-101(64-34-22-18-14-10-6-2)93-49-31-29-45-85(93)89-71-99-91(69-95(89)101)87-61-55-77(83-47-37-41-75-39-25-27-43-81(75)83)67-97(87)103(99)79-57-51-73(52-58-79)74-53-59-80(60-54-74)104-98-68-78(84-48-38-42-76-40-26-28-44-82(76)84)56-62-88(98)92-70-96-90(72-100(92)104)86-46-30-32-50-94(86)102(96,65-35-23-19-15-11-7-3)66-36-24-20-16-12-8-4/h25-32,37-62,67-72H,5-24,33-36,63-66H2,1-4H3. The quantitative estimate of drug-likeness (QED) is 0.0363. The van der Waals surface area contributed by atoms with Gasteiger partial charge in [0.15, 0.2) is 0 Å². The first-order valence-corrected chi connectivity index (χ1v) is 41.1. The van der Waals surface area contributed by atoms with Crippen LogP contribution in [-0.4, -0.2) is 9.13 Å². The first kappa shape index (κ1) is 69.1. The van der Waals surface area contributed by atoms with Crippen LogP contribution in [0.2, 0.25) is 0 Å². The molecule has 2 aliphatic carbocycles. The maximum Gasteiger partial charge on any atom is 0.0547 e. The highest BCUT2D eigenvalue weighted by atomic mass is 15.0. The van der Waals surface area contributed by atoms with Gasteiger partial charge in [0.1, 0.15) is 0 Å². The summed E-state index contributed by atoms with van der Waals surface area (Å²) in [5, 5.41) is 10.5. The molecule has 12 aromatic carbocycles. The van der Waals surface area contributed by atoms with Crippen molar-refractivity contribution < 1.29 is 0 Å². The number of nitrogens with zero attached hydrogens (tertiary/aromatic N) is 2. The molecule has 16 rings (SSSR count). The average Bonchev–Trinajstić information content (AvgIpc) is 1.55. The third kappa shape index (κ3) is 13.0. The molecule has 14 aromatic rings. The summed E-state index contributed by atoms with van der Waals surface area (Å²) in [5.41, 5.74) is 26.9. The molecule has 0 fully saturated rings. The second-order valence-corrected chi connectivity index (χ2v) is 31.4. The minimum absolute atomic E-state index is 0.00911. The lowest BCUT2D eigenvalue weighted by atomic mass is 9.70. The van der Waals surface area contributed by atoms with E-state index in [4.69, 9.17) is 0 Å². The smallest absolute Gasteiger partial charge is 0.0547 e. The predicted molar refractivity (Wildman–Crippen MR) is 451 cm³/mol. The highest BCUT2D eigenvalue weighted by Gasteiger charge is 2.44. The summed E-state index contributed by atoms with van der Waals surface area (Å²) in [6.45, 7) is 9.35. The summed E-state index contributed by atoms with van der Waals surface area (Å²) in [6.07, 6.45) is 36.3. The fourth-order valence-corrected chi connectivity index (χ4v) is 19.5. The van der Waals surface area contributed by atoms with E-state index in [1.54, 1.807) is 22.3 Å². The summed E-state index contributed by atoms with van der Waals surface area (Å²) in [6, 6.07) is 95.0. The first-order valence-electron chi connectivity index (χ1n) is 41.1. The third-order valence-electron chi connectivity index (χ3n) is 24.9. The number of aromatic nitrogens is 2. The van der Waals surface area contributed by atoms with E-state index in [9.17, 15) is 0 Å². The number of hydrogen-bond acceptors (Lipinski definition) is 0. The van der Waals surface area contributed by atoms with Gasteiger partial charge in [0.25, 0.3) is 0 Å².